The van der Waals surface area contributed by atoms with Crippen LogP contribution in [0.3, 0.4) is 0 Å². The van der Waals surface area contributed by atoms with E-state index in [4.69, 9.17) is 0 Å². The fourth-order valence-electron chi connectivity index (χ4n) is 2.34. The Hall–Kier alpha value is -2.53. The second-order valence-electron chi connectivity index (χ2n) is 4.85. The van der Waals surface area contributed by atoms with Crippen LogP contribution in [0.2, 0.25) is 0 Å². The van der Waals surface area contributed by atoms with Crippen LogP contribution in [0.5, 0.6) is 0 Å². The maximum atomic E-state index is 4.61. The fraction of sp³-hybridized carbons (Fsp3) is 0. The third-order valence-electron chi connectivity index (χ3n) is 3.41. The summed E-state index contributed by atoms with van der Waals surface area (Å²) in [5.74, 6) is 1.27. The summed E-state index contributed by atoms with van der Waals surface area (Å²) in [6.07, 6.45) is 1.76. The molecule has 0 aliphatic carbocycles. The van der Waals surface area contributed by atoms with Crippen LogP contribution >= 0.6 is 15.9 Å². The average Bonchev–Trinajstić information content (AvgIpc) is 3.01. The van der Waals surface area contributed by atoms with E-state index in [0.717, 1.165) is 21.3 Å². The normalized spacial score (nSPS) is 11.0. The molecule has 2 heterocycles. The Morgan fingerprint density at radius 1 is 0.818 bits per heavy atom. The Bertz CT molecular complexity index is 930. The predicted octanol–water partition coefficient (Wildman–Crippen LogP) is 4.22. The van der Waals surface area contributed by atoms with Crippen LogP contribution in [0.15, 0.2) is 71.3 Å². The van der Waals surface area contributed by atoms with Crippen LogP contribution < -0.4 is 0 Å². The van der Waals surface area contributed by atoms with E-state index >= 15 is 0 Å². The van der Waals surface area contributed by atoms with Crippen molar-refractivity contribution in [3.8, 4) is 22.6 Å². The molecule has 0 unspecified atom stereocenters. The van der Waals surface area contributed by atoms with Gasteiger partial charge in [0.2, 0.25) is 0 Å². The number of fused-ring (bicyclic) bond motifs is 1. The van der Waals surface area contributed by atoms with Gasteiger partial charge >= 0.3 is 0 Å². The highest BCUT2D eigenvalue weighted by molar-refractivity contribution is 9.10. The average molecular weight is 351 g/mol. The summed E-state index contributed by atoms with van der Waals surface area (Å²) in [6.45, 7) is 0. The molecule has 0 spiro atoms. The zero-order valence-electron chi connectivity index (χ0n) is 11.5. The Labute approximate surface area is 135 Å². The molecule has 0 saturated heterocycles. The lowest BCUT2D eigenvalue weighted by Crippen LogP contribution is -1.95. The molecule has 4 aromatic rings. The van der Waals surface area contributed by atoms with Crippen LogP contribution in [0.1, 0.15) is 0 Å². The SMILES string of the molecule is Brc1ccc(-c2ccnc3nc(-c4ccccc4)nn23)cc1. The van der Waals surface area contributed by atoms with Gasteiger partial charge in [-0.15, -0.1) is 5.10 Å². The summed E-state index contributed by atoms with van der Waals surface area (Å²) in [5.41, 5.74) is 3.02. The van der Waals surface area contributed by atoms with E-state index in [1.54, 1.807) is 10.7 Å². The van der Waals surface area contributed by atoms with E-state index in [1.165, 1.54) is 0 Å². The van der Waals surface area contributed by atoms with Gasteiger partial charge in [0.15, 0.2) is 5.82 Å². The van der Waals surface area contributed by atoms with Gasteiger partial charge in [-0.1, -0.05) is 58.4 Å². The number of nitrogens with zero attached hydrogens (tertiary/aromatic N) is 4. The summed E-state index contributed by atoms with van der Waals surface area (Å²) in [6, 6.07) is 20.0. The highest BCUT2D eigenvalue weighted by Crippen LogP contribution is 2.23. The van der Waals surface area contributed by atoms with Gasteiger partial charge in [-0.3, -0.25) is 0 Å². The Morgan fingerprint density at radius 3 is 2.36 bits per heavy atom. The molecule has 0 aliphatic rings. The zero-order valence-corrected chi connectivity index (χ0v) is 13.1. The van der Waals surface area contributed by atoms with Crippen molar-refractivity contribution >= 4 is 21.7 Å². The van der Waals surface area contributed by atoms with Crippen molar-refractivity contribution in [2.24, 2.45) is 0 Å². The second kappa shape index (κ2) is 5.35. The van der Waals surface area contributed by atoms with Crippen LogP contribution in [0.25, 0.3) is 28.4 Å². The van der Waals surface area contributed by atoms with E-state index in [9.17, 15) is 0 Å². The molecular weight excluding hydrogens is 340 g/mol. The highest BCUT2D eigenvalue weighted by atomic mass is 79.9. The van der Waals surface area contributed by atoms with E-state index in [0.29, 0.717) is 11.6 Å². The maximum absolute atomic E-state index is 4.61. The van der Waals surface area contributed by atoms with Gasteiger partial charge in [0.1, 0.15) is 0 Å². The molecule has 0 saturated carbocycles. The summed E-state index contributed by atoms with van der Waals surface area (Å²) in [4.78, 5) is 8.83. The first-order valence-electron chi connectivity index (χ1n) is 6.84. The minimum Gasteiger partial charge on any atom is -0.220 e. The van der Waals surface area contributed by atoms with E-state index in [1.807, 2.05) is 60.7 Å². The van der Waals surface area contributed by atoms with Gasteiger partial charge in [-0.05, 0) is 18.2 Å². The van der Waals surface area contributed by atoms with Crippen molar-refractivity contribution in [1.29, 1.82) is 0 Å². The minimum absolute atomic E-state index is 0.597. The van der Waals surface area contributed by atoms with Crippen molar-refractivity contribution < 1.29 is 0 Å². The number of halogens is 1. The minimum atomic E-state index is 0.597. The number of hydrogen-bond donors (Lipinski definition) is 0. The summed E-state index contributed by atoms with van der Waals surface area (Å²) < 4.78 is 2.83. The van der Waals surface area contributed by atoms with Gasteiger partial charge < -0.3 is 0 Å². The van der Waals surface area contributed by atoms with E-state index in [2.05, 4.69) is 31.0 Å². The fourth-order valence-corrected chi connectivity index (χ4v) is 2.61. The summed E-state index contributed by atoms with van der Waals surface area (Å²) in [7, 11) is 0. The second-order valence-corrected chi connectivity index (χ2v) is 5.77. The first-order chi connectivity index (χ1) is 10.8. The van der Waals surface area contributed by atoms with Gasteiger partial charge in [-0.2, -0.15) is 9.50 Å². The van der Waals surface area contributed by atoms with Crippen LogP contribution in [0, 0.1) is 0 Å². The molecule has 2 aromatic heterocycles. The van der Waals surface area contributed by atoms with Gasteiger partial charge in [0.25, 0.3) is 5.78 Å². The lowest BCUT2D eigenvalue weighted by molar-refractivity contribution is 0.951. The molecule has 22 heavy (non-hydrogen) atoms. The smallest absolute Gasteiger partial charge is 0.220 e. The monoisotopic (exact) mass is 350 g/mol. The van der Waals surface area contributed by atoms with E-state index < -0.39 is 0 Å². The molecule has 4 nitrogen and oxygen atoms in total. The molecule has 106 valence electrons. The summed E-state index contributed by atoms with van der Waals surface area (Å²) in [5, 5.41) is 4.61. The van der Waals surface area contributed by atoms with Gasteiger partial charge in [-0.25, -0.2) is 4.98 Å². The van der Waals surface area contributed by atoms with Crippen LogP contribution in [-0.4, -0.2) is 19.6 Å². The largest absolute Gasteiger partial charge is 0.253 e. The van der Waals surface area contributed by atoms with Crippen molar-refractivity contribution in [3.05, 3.63) is 71.3 Å². The molecule has 0 radical (unpaired) electrons. The molecule has 0 N–H and O–H groups in total. The van der Waals surface area contributed by atoms with Crippen molar-refractivity contribution in [2.45, 2.75) is 0 Å². The van der Waals surface area contributed by atoms with Crippen molar-refractivity contribution in [1.82, 2.24) is 19.6 Å². The third kappa shape index (κ3) is 2.29. The number of rotatable bonds is 2. The maximum Gasteiger partial charge on any atom is 0.253 e. The molecule has 0 amide bonds. The van der Waals surface area contributed by atoms with Crippen LogP contribution in [-0.2, 0) is 0 Å². The Morgan fingerprint density at radius 2 is 1.59 bits per heavy atom. The Kier molecular flexibility index (Phi) is 3.20. The summed E-state index contributed by atoms with van der Waals surface area (Å²) >= 11 is 3.46. The van der Waals surface area contributed by atoms with Crippen molar-refractivity contribution in [2.75, 3.05) is 0 Å². The molecular formula is C17H11BrN4. The lowest BCUT2D eigenvalue weighted by atomic mass is 10.1. The lowest BCUT2D eigenvalue weighted by Gasteiger charge is -2.03. The molecule has 4 rings (SSSR count). The standard InChI is InChI=1S/C17H11BrN4/c18-14-8-6-12(7-9-14)15-10-11-19-17-20-16(21-22(15)17)13-4-2-1-3-5-13/h1-11H. The van der Waals surface area contributed by atoms with Crippen molar-refractivity contribution in [3.63, 3.8) is 0 Å². The molecule has 0 aliphatic heterocycles. The molecule has 0 fully saturated rings. The molecule has 5 heteroatoms. The highest BCUT2D eigenvalue weighted by Gasteiger charge is 2.10. The predicted molar refractivity (Wildman–Crippen MR) is 89.4 cm³/mol. The van der Waals surface area contributed by atoms with Gasteiger partial charge in [0.05, 0.1) is 5.69 Å². The topological polar surface area (TPSA) is 43.1 Å². The number of aromatic nitrogens is 4. The number of hydrogen-bond acceptors (Lipinski definition) is 3. The Balaban J connectivity index is 1.90. The molecule has 2 aromatic carbocycles. The first-order valence-corrected chi connectivity index (χ1v) is 7.64. The third-order valence-corrected chi connectivity index (χ3v) is 3.94. The quantitative estimate of drug-likeness (QED) is 0.543. The molecule has 0 atom stereocenters. The van der Waals surface area contributed by atoms with Crippen LogP contribution in [0.4, 0.5) is 0 Å². The number of benzene rings is 2. The van der Waals surface area contributed by atoms with Gasteiger partial charge in [0, 0.05) is 21.8 Å². The molecule has 0 bridgehead atoms. The zero-order chi connectivity index (χ0) is 14.9. The van der Waals surface area contributed by atoms with E-state index in [-0.39, 0.29) is 0 Å². The first kappa shape index (κ1) is 13.2.